The van der Waals surface area contributed by atoms with Crippen LogP contribution in [0, 0.1) is 0 Å². The fourth-order valence-corrected chi connectivity index (χ4v) is 8.50. The highest BCUT2D eigenvalue weighted by atomic mass is 31.2. The molecule has 0 aromatic rings. The molecule has 0 aromatic heterocycles. The molecule has 0 saturated carbocycles. The van der Waals surface area contributed by atoms with Crippen molar-refractivity contribution < 1.29 is 42.1 Å². The molecule has 364 valence electrons. The molecule has 0 heterocycles. The zero-order chi connectivity index (χ0) is 45.0. The third-order valence-electron chi connectivity index (χ3n) is 11.9. The summed E-state index contributed by atoms with van der Waals surface area (Å²) in [5, 5.41) is 0. The molecule has 2 atom stereocenters. The summed E-state index contributed by atoms with van der Waals surface area (Å²) in [4.78, 5) is 37.7. The molecule has 10 heteroatoms. The molecule has 0 fully saturated rings. The summed E-state index contributed by atoms with van der Waals surface area (Å²) in [6.07, 6.45) is 47.1. The topological polar surface area (TPSA) is 111 Å². The summed E-state index contributed by atoms with van der Waals surface area (Å²) in [6.45, 7) is 4.29. The van der Waals surface area contributed by atoms with Gasteiger partial charge in [-0.05, 0) is 12.8 Å². The van der Waals surface area contributed by atoms with E-state index in [1.54, 1.807) is 0 Å². The molecule has 0 N–H and O–H groups in total. The smallest absolute Gasteiger partial charge is 0.306 e. The van der Waals surface area contributed by atoms with Crippen LogP contribution in [0.3, 0.4) is 0 Å². The number of rotatable bonds is 49. The van der Waals surface area contributed by atoms with E-state index < -0.39 is 26.5 Å². The molecule has 61 heavy (non-hydrogen) atoms. The predicted octanol–water partition coefficient (Wildman–Crippen LogP) is 14.9. The molecule has 0 saturated heterocycles. The van der Waals surface area contributed by atoms with Crippen LogP contribution < -0.4 is 4.89 Å². The predicted molar refractivity (Wildman–Crippen MR) is 255 cm³/mol. The Morgan fingerprint density at radius 3 is 1.05 bits per heavy atom. The molecule has 0 aliphatic heterocycles. The van der Waals surface area contributed by atoms with Crippen LogP contribution >= 0.6 is 7.82 Å². The Balaban J connectivity index is 4.12. The lowest BCUT2D eigenvalue weighted by Gasteiger charge is -2.28. The highest BCUT2D eigenvalue weighted by Gasteiger charge is 2.21. The summed E-state index contributed by atoms with van der Waals surface area (Å²) in [6, 6.07) is 0. The van der Waals surface area contributed by atoms with Crippen molar-refractivity contribution in [1.29, 1.82) is 0 Å². The third kappa shape index (κ3) is 48.3. The van der Waals surface area contributed by atoms with Gasteiger partial charge < -0.3 is 27.9 Å². The summed E-state index contributed by atoms with van der Waals surface area (Å²) >= 11 is 0. The number of phosphoric acid groups is 1. The van der Waals surface area contributed by atoms with E-state index in [9.17, 15) is 19.0 Å². The lowest BCUT2D eigenvalue weighted by Crippen LogP contribution is -2.37. The Kier molecular flexibility index (Phi) is 43.5. The molecule has 0 aliphatic rings. The highest BCUT2D eigenvalue weighted by molar-refractivity contribution is 7.45. The molecule has 2 unspecified atom stereocenters. The van der Waals surface area contributed by atoms with Crippen molar-refractivity contribution in [2.75, 3.05) is 47.5 Å². The maximum absolute atomic E-state index is 12.7. The van der Waals surface area contributed by atoms with Gasteiger partial charge in [-0.1, -0.05) is 239 Å². The first-order valence-corrected chi connectivity index (χ1v) is 27.7. The molecule has 0 aromatic carbocycles. The van der Waals surface area contributed by atoms with E-state index in [0.29, 0.717) is 17.4 Å². The summed E-state index contributed by atoms with van der Waals surface area (Å²) in [5.74, 6) is -0.815. The first-order chi connectivity index (χ1) is 29.5. The maximum Gasteiger partial charge on any atom is 0.306 e. The number of ether oxygens (including phenoxy) is 2. The largest absolute Gasteiger partial charge is 0.756 e. The monoisotopic (exact) mass is 888 g/mol. The molecular formula is C51H102NO8P. The molecule has 9 nitrogen and oxygen atoms in total. The normalized spacial score (nSPS) is 13.3. The van der Waals surface area contributed by atoms with Crippen LogP contribution in [0.25, 0.3) is 0 Å². The number of phosphoric ester groups is 1. The van der Waals surface area contributed by atoms with Gasteiger partial charge in [-0.15, -0.1) is 0 Å². The van der Waals surface area contributed by atoms with Crippen LogP contribution in [0.4, 0.5) is 0 Å². The first-order valence-electron chi connectivity index (χ1n) is 26.2. The first kappa shape index (κ1) is 60.0. The molecular weight excluding hydrogens is 786 g/mol. The second-order valence-electron chi connectivity index (χ2n) is 19.3. The van der Waals surface area contributed by atoms with Crippen LogP contribution in [0.15, 0.2) is 0 Å². The summed E-state index contributed by atoms with van der Waals surface area (Å²) in [5.41, 5.74) is 0. The van der Waals surface area contributed by atoms with Gasteiger partial charge in [0.2, 0.25) is 0 Å². The van der Waals surface area contributed by atoms with Gasteiger partial charge >= 0.3 is 11.9 Å². The average Bonchev–Trinajstić information content (AvgIpc) is 3.21. The molecule has 0 amide bonds. The Bertz CT molecular complexity index is 1010. The Morgan fingerprint density at radius 2 is 0.738 bits per heavy atom. The van der Waals surface area contributed by atoms with Crippen LogP contribution in [0.2, 0.25) is 0 Å². The number of carbonyl (C=O) groups is 2. The van der Waals surface area contributed by atoms with Crippen LogP contribution in [0.1, 0.15) is 264 Å². The zero-order valence-electron chi connectivity index (χ0n) is 41.1. The number of hydrogen-bond acceptors (Lipinski definition) is 8. The number of likely N-dealkylation sites (N-methyl/N-ethyl adjacent to an activating group) is 1. The van der Waals surface area contributed by atoms with E-state index in [4.69, 9.17) is 18.5 Å². The van der Waals surface area contributed by atoms with Crippen molar-refractivity contribution in [3.05, 3.63) is 0 Å². The standard InChI is InChI=1S/C51H102NO8P/c1-6-8-10-12-14-16-18-20-21-22-23-24-25-26-27-28-29-30-32-34-36-38-40-42-44-51(54)60-49(48-59-61(55,56)58-46-45-52(3,4)5)47-57-50(53)43-41-39-37-35-33-31-19-17-15-13-11-9-7-2/h49H,6-48H2,1-5H3. The zero-order valence-corrected chi connectivity index (χ0v) is 42.0. The number of unbranched alkanes of at least 4 members (excludes halogenated alkanes) is 35. The fraction of sp³-hybridized carbons (Fsp3) is 0.961. The van der Waals surface area contributed by atoms with E-state index in [1.165, 1.54) is 199 Å². The van der Waals surface area contributed by atoms with E-state index in [1.807, 2.05) is 21.1 Å². The second-order valence-corrected chi connectivity index (χ2v) is 20.7. The summed E-state index contributed by atoms with van der Waals surface area (Å²) in [7, 11) is 1.19. The maximum atomic E-state index is 12.7. The van der Waals surface area contributed by atoms with Crippen LogP contribution in [0.5, 0.6) is 0 Å². The molecule has 0 rings (SSSR count). The van der Waals surface area contributed by atoms with Gasteiger partial charge in [0.15, 0.2) is 6.10 Å². The van der Waals surface area contributed by atoms with E-state index >= 15 is 0 Å². The van der Waals surface area contributed by atoms with Crippen molar-refractivity contribution >= 4 is 19.8 Å². The Hall–Kier alpha value is -0.990. The van der Waals surface area contributed by atoms with Gasteiger partial charge in [-0.2, -0.15) is 0 Å². The SMILES string of the molecule is CCCCCCCCCCCCCCCCCCCCCCCCCCC(=O)OC(COC(=O)CCCCCCCCCCCCCCC)COP(=O)([O-])OCC[N+](C)(C)C. The third-order valence-corrected chi connectivity index (χ3v) is 12.8. The quantitative estimate of drug-likeness (QED) is 0.0257. The number of quaternary nitrogens is 1. The van der Waals surface area contributed by atoms with Crippen molar-refractivity contribution in [2.24, 2.45) is 0 Å². The lowest BCUT2D eigenvalue weighted by molar-refractivity contribution is -0.870. The van der Waals surface area contributed by atoms with Crippen molar-refractivity contribution in [3.63, 3.8) is 0 Å². The number of hydrogen-bond donors (Lipinski definition) is 0. The Labute approximate surface area is 378 Å². The minimum absolute atomic E-state index is 0.0254. The van der Waals surface area contributed by atoms with Gasteiger partial charge in [0.1, 0.15) is 19.8 Å². The highest BCUT2D eigenvalue weighted by Crippen LogP contribution is 2.38. The summed E-state index contributed by atoms with van der Waals surface area (Å²) < 4.78 is 34.0. The molecule has 0 radical (unpaired) electrons. The minimum atomic E-state index is -4.62. The molecule has 0 spiro atoms. The number of nitrogens with zero attached hydrogens (tertiary/aromatic N) is 1. The van der Waals surface area contributed by atoms with E-state index in [0.717, 1.165) is 32.1 Å². The lowest BCUT2D eigenvalue weighted by atomic mass is 10.0. The van der Waals surface area contributed by atoms with Crippen molar-refractivity contribution in [2.45, 2.75) is 270 Å². The van der Waals surface area contributed by atoms with E-state index in [-0.39, 0.29) is 32.0 Å². The molecule has 0 bridgehead atoms. The van der Waals surface area contributed by atoms with Gasteiger partial charge in [0.05, 0.1) is 27.7 Å². The van der Waals surface area contributed by atoms with Crippen LogP contribution in [-0.4, -0.2) is 70.0 Å². The van der Waals surface area contributed by atoms with E-state index in [2.05, 4.69) is 13.8 Å². The average molecular weight is 888 g/mol. The van der Waals surface area contributed by atoms with Crippen molar-refractivity contribution in [1.82, 2.24) is 0 Å². The van der Waals surface area contributed by atoms with Gasteiger partial charge in [0, 0.05) is 12.8 Å². The number of carbonyl (C=O) groups excluding carboxylic acids is 2. The number of esters is 2. The van der Waals surface area contributed by atoms with Crippen LogP contribution in [-0.2, 0) is 32.7 Å². The van der Waals surface area contributed by atoms with Gasteiger partial charge in [-0.3, -0.25) is 14.2 Å². The second kappa shape index (κ2) is 44.2. The Morgan fingerprint density at radius 1 is 0.443 bits per heavy atom. The van der Waals surface area contributed by atoms with Crippen molar-refractivity contribution in [3.8, 4) is 0 Å². The minimum Gasteiger partial charge on any atom is -0.756 e. The molecule has 0 aliphatic carbocycles. The van der Waals surface area contributed by atoms with Gasteiger partial charge in [0.25, 0.3) is 7.82 Å². The van der Waals surface area contributed by atoms with Gasteiger partial charge in [-0.25, -0.2) is 0 Å². The fourth-order valence-electron chi connectivity index (χ4n) is 7.78.